The highest BCUT2D eigenvalue weighted by Crippen LogP contribution is 2.24. The number of fused-ring (bicyclic) bond motifs is 3. The molecule has 1 aliphatic rings. The summed E-state index contributed by atoms with van der Waals surface area (Å²) in [6, 6.07) is 8.01. The van der Waals surface area contributed by atoms with Gasteiger partial charge in [-0.15, -0.1) is 0 Å². The molecule has 0 N–H and O–H groups in total. The SMILES string of the molecule is O=CN1CCc2scc[n+]2-c2ccccc21. The maximum atomic E-state index is 11.1. The van der Waals surface area contributed by atoms with E-state index in [-0.39, 0.29) is 0 Å². The second-order valence-corrected chi connectivity index (χ2v) is 4.68. The van der Waals surface area contributed by atoms with Gasteiger partial charge in [0.1, 0.15) is 5.69 Å². The van der Waals surface area contributed by atoms with Crippen molar-refractivity contribution in [1.29, 1.82) is 0 Å². The average Bonchev–Trinajstić information content (AvgIpc) is 2.73. The number of carbonyl (C=O) groups excluding carboxylic acids is 1. The normalized spacial score (nSPS) is 13.9. The van der Waals surface area contributed by atoms with Crippen molar-refractivity contribution in [3.8, 4) is 5.69 Å². The van der Waals surface area contributed by atoms with E-state index in [0.717, 1.165) is 30.8 Å². The van der Waals surface area contributed by atoms with Gasteiger partial charge in [-0.1, -0.05) is 23.5 Å². The van der Waals surface area contributed by atoms with E-state index in [1.54, 1.807) is 16.2 Å². The van der Waals surface area contributed by atoms with Crippen LogP contribution in [0.2, 0.25) is 0 Å². The highest BCUT2D eigenvalue weighted by atomic mass is 32.1. The topological polar surface area (TPSA) is 24.2 Å². The van der Waals surface area contributed by atoms with E-state index < -0.39 is 0 Å². The standard InChI is InChI=1S/C12H11N2OS/c15-9-13-6-5-12-14(7-8-16-12)11-4-2-1-3-10(11)13/h1-4,7-9H,5-6H2/q+1. The Morgan fingerprint density at radius 1 is 1.38 bits per heavy atom. The van der Waals surface area contributed by atoms with Gasteiger partial charge in [0.25, 0.3) is 0 Å². The number of rotatable bonds is 1. The smallest absolute Gasteiger partial charge is 0.244 e. The van der Waals surface area contributed by atoms with Crippen molar-refractivity contribution >= 4 is 23.4 Å². The van der Waals surface area contributed by atoms with Crippen LogP contribution in [0.5, 0.6) is 0 Å². The fourth-order valence-corrected chi connectivity index (χ4v) is 2.88. The van der Waals surface area contributed by atoms with E-state index in [9.17, 15) is 4.79 Å². The molecule has 0 aliphatic carbocycles. The first-order valence-corrected chi connectivity index (χ1v) is 6.07. The molecule has 3 rings (SSSR count). The van der Waals surface area contributed by atoms with Crippen molar-refractivity contribution in [1.82, 2.24) is 0 Å². The Balaban J connectivity index is 2.25. The lowest BCUT2D eigenvalue weighted by atomic mass is 10.2. The number of hydrogen-bond acceptors (Lipinski definition) is 2. The highest BCUT2D eigenvalue weighted by molar-refractivity contribution is 7.09. The number of aromatic nitrogens is 1. The number of thiazole rings is 1. The molecule has 1 aliphatic heterocycles. The van der Waals surface area contributed by atoms with Crippen molar-refractivity contribution in [2.45, 2.75) is 6.42 Å². The molecule has 0 saturated heterocycles. The molecular weight excluding hydrogens is 220 g/mol. The fourth-order valence-electron chi connectivity index (χ4n) is 2.06. The monoisotopic (exact) mass is 231 g/mol. The molecule has 0 unspecified atom stereocenters. The zero-order valence-corrected chi connectivity index (χ0v) is 9.48. The van der Waals surface area contributed by atoms with Crippen LogP contribution in [0.1, 0.15) is 5.01 Å². The lowest BCUT2D eigenvalue weighted by Gasteiger charge is -2.13. The molecule has 1 aromatic heterocycles. The first-order valence-electron chi connectivity index (χ1n) is 5.19. The van der Waals surface area contributed by atoms with Gasteiger partial charge in [-0.3, -0.25) is 4.79 Å². The Morgan fingerprint density at radius 3 is 3.12 bits per heavy atom. The van der Waals surface area contributed by atoms with E-state index in [1.165, 1.54) is 5.01 Å². The number of benzene rings is 1. The minimum atomic E-state index is 0.751. The molecule has 80 valence electrons. The molecule has 0 spiro atoms. The summed E-state index contributed by atoms with van der Waals surface area (Å²) < 4.78 is 2.17. The van der Waals surface area contributed by atoms with Gasteiger partial charge in [-0.05, 0) is 6.07 Å². The van der Waals surface area contributed by atoms with Crippen molar-refractivity contribution < 1.29 is 9.36 Å². The van der Waals surface area contributed by atoms with Crippen molar-refractivity contribution in [3.63, 3.8) is 0 Å². The van der Waals surface area contributed by atoms with Gasteiger partial charge in [-0.2, -0.15) is 4.57 Å². The van der Waals surface area contributed by atoms with E-state index in [2.05, 4.69) is 16.1 Å². The predicted molar refractivity (Wildman–Crippen MR) is 63.0 cm³/mol. The third-order valence-corrected chi connectivity index (χ3v) is 3.76. The summed E-state index contributed by atoms with van der Waals surface area (Å²) in [4.78, 5) is 12.8. The molecule has 2 aromatic rings. The van der Waals surface area contributed by atoms with Gasteiger partial charge in [0, 0.05) is 12.6 Å². The van der Waals surface area contributed by atoms with Crippen LogP contribution in [0.25, 0.3) is 5.69 Å². The molecule has 0 saturated carbocycles. The zero-order chi connectivity index (χ0) is 11.0. The van der Waals surface area contributed by atoms with Crippen LogP contribution < -0.4 is 9.47 Å². The van der Waals surface area contributed by atoms with Crippen molar-refractivity contribution in [2.75, 3.05) is 11.4 Å². The molecule has 0 fully saturated rings. The lowest BCUT2D eigenvalue weighted by molar-refractivity contribution is -0.596. The third-order valence-electron chi connectivity index (χ3n) is 2.83. The first-order chi connectivity index (χ1) is 7.90. The van der Waals surface area contributed by atoms with Gasteiger partial charge < -0.3 is 4.90 Å². The maximum Gasteiger partial charge on any atom is 0.244 e. The molecular formula is C12H11N2OS+. The highest BCUT2D eigenvalue weighted by Gasteiger charge is 2.26. The third kappa shape index (κ3) is 1.34. The summed E-state index contributed by atoms with van der Waals surface area (Å²) in [5.41, 5.74) is 2.07. The molecule has 16 heavy (non-hydrogen) atoms. The number of para-hydroxylation sites is 2. The predicted octanol–water partition coefficient (Wildman–Crippen LogP) is 1.54. The van der Waals surface area contributed by atoms with Crippen LogP contribution in [0, 0.1) is 0 Å². The van der Waals surface area contributed by atoms with Gasteiger partial charge >= 0.3 is 0 Å². The second kappa shape index (κ2) is 3.72. The second-order valence-electron chi connectivity index (χ2n) is 3.70. The minimum Gasteiger partial charge on any atom is -0.309 e. The molecule has 1 amide bonds. The van der Waals surface area contributed by atoms with Crippen LogP contribution >= 0.6 is 11.3 Å². The quantitative estimate of drug-likeness (QED) is 0.539. The van der Waals surface area contributed by atoms with Crippen LogP contribution in [0.15, 0.2) is 35.8 Å². The van der Waals surface area contributed by atoms with Gasteiger partial charge in [0.15, 0.2) is 6.20 Å². The Kier molecular flexibility index (Phi) is 2.22. The van der Waals surface area contributed by atoms with Crippen LogP contribution in [0.4, 0.5) is 5.69 Å². The summed E-state index contributed by atoms with van der Waals surface area (Å²) >= 11 is 1.74. The number of amides is 1. The lowest BCUT2D eigenvalue weighted by Crippen LogP contribution is -2.31. The minimum absolute atomic E-state index is 0.751. The average molecular weight is 231 g/mol. The maximum absolute atomic E-state index is 11.1. The Hall–Kier alpha value is -1.68. The Bertz CT molecular complexity index is 535. The van der Waals surface area contributed by atoms with Crippen LogP contribution in [-0.4, -0.2) is 13.0 Å². The van der Waals surface area contributed by atoms with E-state index >= 15 is 0 Å². The summed E-state index contributed by atoms with van der Waals surface area (Å²) in [5.74, 6) is 0. The number of hydrogen-bond donors (Lipinski definition) is 0. The summed E-state index contributed by atoms with van der Waals surface area (Å²) in [7, 11) is 0. The Morgan fingerprint density at radius 2 is 2.25 bits per heavy atom. The molecule has 4 heteroatoms. The van der Waals surface area contributed by atoms with Gasteiger partial charge in [0.2, 0.25) is 17.1 Å². The molecule has 2 heterocycles. The molecule has 3 nitrogen and oxygen atoms in total. The van der Waals surface area contributed by atoms with Crippen LogP contribution in [-0.2, 0) is 11.2 Å². The van der Waals surface area contributed by atoms with E-state index in [0.29, 0.717) is 0 Å². The molecule has 0 atom stereocenters. The summed E-state index contributed by atoms with van der Waals surface area (Å²) in [6.45, 7) is 0.751. The van der Waals surface area contributed by atoms with Crippen molar-refractivity contribution in [2.24, 2.45) is 0 Å². The molecule has 1 aromatic carbocycles. The number of nitrogens with zero attached hydrogens (tertiary/aromatic N) is 2. The van der Waals surface area contributed by atoms with Gasteiger partial charge in [-0.25, -0.2) is 0 Å². The number of carbonyl (C=O) groups is 1. The first kappa shape index (κ1) is 9.54. The number of anilines is 1. The van der Waals surface area contributed by atoms with Gasteiger partial charge in [0.05, 0.1) is 11.8 Å². The van der Waals surface area contributed by atoms with E-state index in [1.807, 2.05) is 24.3 Å². The fraction of sp³-hybridized carbons (Fsp3) is 0.167. The molecule has 0 radical (unpaired) electrons. The molecule has 0 bridgehead atoms. The Labute approximate surface area is 97.6 Å². The summed E-state index contributed by atoms with van der Waals surface area (Å²) in [6.07, 6.45) is 3.88. The van der Waals surface area contributed by atoms with Crippen LogP contribution in [0.3, 0.4) is 0 Å². The summed E-state index contributed by atoms with van der Waals surface area (Å²) in [5, 5.41) is 3.37. The largest absolute Gasteiger partial charge is 0.309 e. The van der Waals surface area contributed by atoms with E-state index in [4.69, 9.17) is 0 Å². The zero-order valence-electron chi connectivity index (χ0n) is 8.67. The van der Waals surface area contributed by atoms with Crippen molar-refractivity contribution in [3.05, 3.63) is 40.8 Å².